The molecule has 9 heteroatoms. The lowest BCUT2D eigenvalue weighted by Gasteiger charge is -2.08. The SMILES string of the molecule is CCOC(=O)Cc1c(C(F)F)cc([N+](=O)[O-])nc1Cl. The predicted molar refractivity (Wildman–Crippen MR) is 61.2 cm³/mol. The monoisotopic (exact) mass is 294 g/mol. The summed E-state index contributed by atoms with van der Waals surface area (Å²) < 4.78 is 30.3. The van der Waals surface area contributed by atoms with Crippen molar-refractivity contribution in [2.45, 2.75) is 19.8 Å². The van der Waals surface area contributed by atoms with Crippen molar-refractivity contribution in [2.75, 3.05) is 6.61 Å². The summed E-state index contributed by atoms with van der Waals surface area (Å²) in [5.41, 5.74) is -0.958. The number of esters is 1. The molecule has 104 valence electrons. The summed E-state index contributed by atoms with van der Waals surface area (Å²) in [6, 6.07) is 0.602. The third kappa shape index (κ3) is 3.82. The van der Waals surface area contributed by atoms with Gasteiger partial charge in [-0.1, -0.05) is 0 Å². The van der Waals surface area contributed by atoms with E-state index in [1.54, 1.807) is 6.92 Å². The maximum absolute atomic E-state index is 12.8. The van der Waals surface area contributed by atoms with Crippen LogP contribution in [0.5, 0.6) is 0 Å². The van der Waals surface area contributed by atoms with Crippen LogP contribution in [0.3, 0.4) is 0 Å². The van der Waals surface area contributed by atoms with E-state index in [0.29, 0.717) is 6.07 Å². The average Bonchev–Trinajstić information content (AvgIpc) is 2.31. The van der Waals surface area contributed by atoms with E-state index in [0.717, 1.165) is 0 Å². The summed E-state index contributed by atoms with van der Waals surface area (Å²) in [5, 5.41) is 10.0. The summed E-state index contributed by atoms with van der Waals surface area (Å²) in [4.78, 5) is 24.2. The van der Waals surface area contributed by atoms with Gasteiger partial charge in [0.05, 0.1) is 13.0 Å². The Balaban J connectivity index is 3.22. The summed E-state index contributed by atoms with van der Waals surface area (Å²) >= 11 is 5.61. The molecule has 0 aliphatic rings. The molecule has 0 radical (unpaired) electrons. The van der Waals surface area contributed by atoms with E-state index in [1.807, 2.05) is 0 Å². The van der Waals surface area contributed by atoms with Gasteiger partial charge in [-0.3, -0.25) is 4.79 Å². The summed E-state index contributed by atoms with van der Waals surface area (Å²) in [7, 11) is 0. The van der Waals surface area contributed by atoms with Gasteiger partial charge in [-0.15, -0.1) is 0 Å². The molecule has 0 unspecified atom stereocenters. The number of hydrogen-bond donors (Lipinski definition) is 0. The molecule has 0 saturated heterocycles. The highest BCUT2D eigenvalue weighted by molar-refractivity contribution is 6.30. The Morgan fingerprint density at radius 2 is 2.26 bits per heavy atom. The van der Waals surface area contributed by atoms with Crippen LogP contribution in [-0.2, 0) is 16.0 Å². The van der Waals surface area contributed by atoms with Crippen molar-refractivity contribution in [3.05, 3.63) is 32.5 Å². The number of hydrogen-bond acceptors (Lipinski definition) is 5. The van der Waals surface area contributed by atoms with E-state index < -0.39 is 40.3 Å². The average molecular weight is 295 g/mol. The molecular formula is C10H9ClF2N2O4. The highest BCUT2D eigenvalue weighted by Crippen LogP contribution is 2.31. The van der Waals surface area contributed by atoms with Gasteiger partial charge < -0.3 is 14.9 Å². The molecule has 0 amide bonds. The van der Waals surface area contributed by atoms with Gasteiger partial charge in [0, 0.05) is 17.2 Å². The Labute approximate surface area is 111 Å². The molecule has 0 aromatic carbocycles. The molecule has 19 heavy (non-hydrogen) atoms. The lowest BCUT2D eigenvalue weighted by Crippen LogP contribution is -2.11. The van der Waals surface area contributed by atoms with Gasteiger partial charge >= 0.3 is 11.8 Å². The maximum Gasteiger partial charge on any atom is 0.365 e. The molecule has 0 fully saturated rings. The zero-order valence-electron chi connectivity index (χ0n) is 9.73. The van der Waals surface area contributed by atoms with E-state index in [2.05, 4.69) is 9.72 Å². The minimum Gasteiger partial charge on any atom is -0.466 e. The van der Waals surface area contributed by atoms with Crippen molar-refractivity contribution in [3.63, 3.8) is 0 Å². The molecule has 1 rings (SSSR count). The molecule has 0 saturated carbocycles. The van der Waals surface area contributed by atoms with Crippen molar-refractivity contribution in [2.24, 2.45) is 0 Å². The minimum atomic E-state index is -3.01. The Morgan fingerprint density at radius 3 is 2.74 bits per heavy atom. The third-order valence-corrected chi connectivity index (χ3v) is 2.46. The number of ether oxygens (including phenoxy) is 1. The lowest BCUT2D eigenvalue weighted by molar-refractivity contribution is -0.389. The smallest absolute Gasteiger partial charge is 0.365 e. The number of nitrogens with zero attached hydrogens (tertiary/aromatic N) is 2. The quantitative estimate of drug-likeness (QED) is 0.361. The van der Waals surface area contributed by atoms with Gasteiger partial charge in [-0.2, -0.15) is 0 Å². The molecule has 0 atom stereocenters. The minimum absolute atomic E-state index is 0.0842. The van der Waals surface area contributed by atoms with Crippen LogP contribution in [0.1, 0.15) is 24.5 Å². The standard InChI is InChI=1S/C10H9ClF2N2O4/c1-2-19-8(16)4-5-6(10(12)13)3-7(15(17)18)14-9(5)11/h3,10H,2,4H2,1H3. The fourth-order valence-electron chi connectivity index (χ4n) is 1.37. The van der Waals surface area contributed by atoms with Crippen molar-refractivity contribution in [1.29, 1.82) is 0 Å². The molecule has 0 N–H and O–H groups in total. The molecule has 1 heterocycles. The Bertz CT molecular complexity index is 511. The van der Waals surface area contributed by atoms with Crippen molar-refractivity contribution >= 4 is 23.4 Å². The second-order valence-corrected chi connectivity index (χ2v) is 3.74. The van der Waals surface area contributed by atoms with Crippen LogP contribution in [-0.4, -0.2) is 22.5 Å². The molecule has 1 aromatic heterocycles. The Hall–Kier alpha value is -1.83. The second kappa shape index (κ2) is 6.37. The summed E-state index contributed by atoms with van der Waals surface area (Å²) in [5.74, 6) is -1.56. The first kappa shape index (κ1) is 15.2. The van der Waals surface area contributed by atoms with Crippen LogP contribution in [0.2, 0.25) is 5.15 Å². The normalized spacial score (nSPS) is 10.6. The molecule has 0 aliphatic heterocycles. The van der Waals surface area contributed by atoms with E-state index in [9.17, 15) is 23.7 Å². The van der Waals surface area contributed by atoms with Crippen molar-refractivity contribution in [3.8, 4) is 0 Å². The van der Waals surface area contributed by atoms with Gasteiger partial charge in [-0.05, 0) is 28.4 Å². The number of alkyl halides is 2. The van der Waals surface area contributed by atoms with Crippen LogP contribution in [0.4, 0.5) is 14.6 Å². The molecule has 0 spiro atoms. The molecular weight excluding hydrogens is 286 g/mol. The van der Waals surface area contributed by atoms with E-state index in [-0.39, 0.29) is 12.2 Å². The van der Waals surface area contributed by atoms with Crippen LogP contribution >= 0.6 is 11.6 Å². The maximum atomic E-state index is 12.8. The van der Waals surface area contributed by atoms with Crippen molar-refractivity contribution in [1.82, 2.24) is 4.98 Å². The first-order valence-corrected chi connectivity index (χ1v) is 5.52. The first-order chi connectivity index (χ1) is 8.86. The van der Waals surface area contributed by atoms with Gasteiger partial charge in [-0.25, -0.2) is 8.78 Å². The highest BCUT2D eigenvalue weighted by Gasteiger charge is 2.26. The summed E-state index contributed by atoms with van der Waals surface area (Å²) in [6.45, 7) is 1.64. The number of rotatable bonds is 5. The Kier molecular flexibility index (Phi) is 5.11. The van der Waals surface area contributed by atoms with Gasteiger partial charge in [0.2, 0.25) is 5.15 Å². The largest absolute Gasteiger partial charge is 0.466 e. The highest BCUT2D eigenvalue weighted by atomic mass is 35.5. The van der Waals surface area contributed by atoms with E-state index in [1.165, 1.54) is 0 Å². The van der Waals surface area contributed by atoms with Crippen LogP contribution in [0.25, 0.3) is 0 Å². The zero-order chi connectivity index (χ0) is 14.6. The number of carbonyl (C=O) groups excluding carboxylic acids is 1. The first-order valence-electron chi connectivity index (χ1n) is 5.14. The van der Waals surface area contributed by atoms with Gasteiger partial charge in [0.1, 0.15) is 0 Å². The number of aromatic nitrogens is 1. The molecule has 0 bridgehead atoms. The molecule has 6 nitrogen and oxygen atoms in total. The number of nitro groups is 1. The fraction of sp³-hybridized carbons (Fsp3) is 0.400. The van der Waals surface area contributed by atoms with Gasteiger partial charge in [0.15, 0.2) is 0 Å². The van der Waals surface area contributed by atoms with Crippen LogP contribution in [0.15, 0.2) is 6.07 Å². The third-order valence-electron chi connectivity index (χ3n) is 2.14. The van der Waals surface area contributed by atoms with Crippen molar-refractivity contribution < 1.29 is 23.2 Å². The second-order valence-electron chi connectivity index (χ2n) is 3.38. The van der Waals surface area contributed by atoms with Crippen LogP contribution in [0, 0.1) is 10.1 Å². The van der Waals surface area contributed by atoms with Gasteiger partial charge in [0.25, 0.3) is 6.43 Å². The zero-order valence-corrected chi connectivity index (χ0v) is 10.5. The molecule has 0 aliphatic carbocycles. The number of halogens is 3. The topological polar surface area (TPSA) is 82.3 Å². The molecule has 1 aromatic rings. The van der Waals surface area contributed by atoms with E-state index in [4.69, 9.17) is 11.6 Å². The lowest BCUT2D eigenvalue weighted by atomic mass is 10.1. The number of pyridine rings is 1. The Morgan fingerprint density at radius 1 is 1.63 bits per heavy atom. The van der Waals surface area contributed by atoms with E-state index >= 15 is 0 Å². The fourth-order valence-corrected chi connectivity index (χ4v) is 1.63. The number of carbonyl (C=O) groups is 1. The predicted octanol–water partition coefficient (Wildman–Crippen LogP) is 2.69. The summed E-state index contributed by atoms with van der Waals surface area (Å²) in [6.07, 6.45) is -3.53. The van der Waals surface area contributed by atoms with Crippen LogP contribution < -0.4 is 0 Å².